The van der Waals surface area contributed by atoms with Crippen molar-refractivity contribution in [3.63, 3.8) is 0 Å². The number of rotatable bonds is 2. The zero-order valence-electron chi connectivity index (χ0n) is 8.75. The molecule has 0 unspecified atom stereocenters. The van der Waals surface area contributed by atoms with Crippen LogP contribution in [0.4, 0.5) is 4.39 Å². The van der Waals surface area contributed by atoms with Gasteiger partial charge in [-0.25, -0.2) is 9.18 Å². The van der Waals surface area contributed by atoms with E-state index in [9.17, 15) is 19.1 Å². The Morgan fingerprint density at radius 1 is 1.59 bits per heavy atom. The Hall–Kier alpha value is -1.51. The summed E-state index contributed by atoms with van der Waals surface area (Å²) in [5.41, 5.74) is 3.91. The van der Waals surface area contributed by atoms with E-state index in [0.29, 0.717) is 0 Å². The molecular weight excluding hydrogens is 233 g/mol. The van der Waals surface area contributed by atoms with Gasteiger partial charge in [-0.3, -0.25) is 14.3 Å². The molecule has 0 spiro atoms. The van der Waals surface area contributed by atoms with Gasteiger partial charge >= 0.3 is 5.69 Å². The number of nitrogens with two attached hydrogens (primary N) is 1. The van der Waals surface area contributed by atoms with Crippen molar-refractivity contribution in [2.45, 2.75) is 24.6 Å². The molecule has 1 aromatic heterocycles. The summed E-state index contributed by atoms with van der Waals surface area (Å²) in [5.74, 6) is 0. The average molecular weight is 245 g/mol. The number of aliphatic hydroxyl groups excluding tert-OH is 1. The molecule has 1 saturated heterocycles. The van der Waals surface area contributed by atoms with Crippen LogP contribution >= 0.6 is 0 Å². The van der Waals surface area contributed by atoms with Gasteiger partial charge in [0.25, 0.3) is 5.56 Å². The monoisotopic (exact) mass is 245 g/mol. The number of halogens is 1. The lowest BCUT2D eigenvalue weighted by atomic mass is 10.1. The van der Waals surface area contributed by atoms with Crippen LogP contribution in [0.5, 0.6) is 0 Å². The first kappa shape index (κ1) is 12.0. The number of H-pyrrole nitrogens is 1. The highest BCUT2D eigenvalue weighted by molar-refractivity contribution is 4.93. The summed E-state index contributed by atoms with van der Waals surface area (Å²) in [6.07, 6.45) is -4.18. The number of hydrogen-bond acceptors (Lipinski definition) is 5. The molecule has 0 aliphatic carbocycles. The quantitative estimate of drug-likeness (QED) is 0.563. The van der Waals surface area contributed by atoms with Crippen molar-refractivity contribution in [3.8, 4) is 0 Å². The molecule has 2 heterocycles. The third-order valence-electron chi connectivity index (χ3n) is 2.65. The SMILES string of the molecule is NC[C@H]1O[C@@H](n2ccc(=O)[nH]c2=O)[C@H](F)[C@@H]1O. The largest absolute Gasteiger partial charge is 0.387 e. The Morgan fingerprint density at radius 3 is 2.82 bits per heavy atom. The molecule has 0 bridgehead atoms. The van der Waals surface area contributed by atoms with E-state index in [1.807, 2.05) is 4.98 Å². The highest BCUT2D eigenvalue weighted by atomic mass is 19.1. The third-order valence-corrected chi connectivity index (χ3v) is 2.65. The Balaban J connectivity index is 2.35. The molecule has 1 fully saturated rings. The molecule has 7 nitrogen and oxygen atoms in total. The number of ether oxygens (including phenoxy) is 1. The van der Waals surface area contributed by atoms with Crippen LogP contribution in [0.3, 0.4) is 0 Å². The van der Waals surface area contributed by atoms with Crippen molar-refractivity contribution >= 4 is 0 Å². The van der Waals surface area contributed by atoms with Gasteiger partial charge in [0.15, 0.2) is 12.4 Å². The number of hydrogen-bond donors (Lipinski definition) is 3. The maximum atomic E-state index is 13.7. The van der Waals surface area contributed by atoms with E-state index in [2.05, 4.69) is 0 Å². The minimum Gasteiger partial charge on any atom is -0.387 e. The van der Waals surface area contributed by atoms with Gasteiger partial charge in [0, 0.05) is 18.8 Å². The van der Waals surface area contributed by atoms with Crippen LogP contribution in [0.1, 0.15) is 6.23 Å². The molecule has 0 amide bonds. The van der Waals surface area contributed by atoms with Crippen LogP contribution in [-0.2, 0) is 4.74 Å². The number of aromatic nitrogens is 2. The van der Waals surface area contributed by atoms with E-state index >= 15 is 0 Å². The van der Waals surface area contributed by atoms with Gasteiger partial charge in [-0.2, -0.15) is 0 Å². The molecule has 4 atom stereocenters. The standard InChI is InChI=1S/C9H12FN3O4/c10-6-7(15)4(3-11)17-8(6)13-2-1-5(14)12-9(13)16/h1-2,4,6-8,15H,3,11H2,(H,12,14,16)/t4-,6-,7-,8-/m1/s1. The molecule has 0 saturated carbocycles. The lowest BCUT2D eigenvalue weighted by molar-refractivity contribution is -0.0225. The van der Waals surface area contributed by atoms with E-state index in [-0.39, 0.29) is 6.54 Å². The second kappa shape index (κ2) is 4.40. The fourth-order valence-corrected chi connectivity index (χ4v) is 1.75. The second-order valence-corrected chi connectivity index (χ2v) is 3.75. The molecule has 1 aliphatic rings. The zero-order chi connectivity index (χ0) is 12.6. The molecule has 2 rings (SSSR count). The molecule has 4 N–H and O–H groups in total. The summed E-state index contributed by atoms with van der Waals surface area (Å²) in [4.78, 5) is 24.2. The summed E-state index contributed by atoms with van der Waals surface area (Å²) < 4.78 is 19.7. The lowest BCUT2D eigenvalue weighted by Crippen LogP contribution is -2.36. The van der Waals surface area contributed by atoms with Gasteiger partial charge in [0.2, 0.25) is 0 Å². The number of alkyl halides is 1. The Kier molecular flexibility index (Phi) is 3.09. The first-order chi connectivity index (χ1) is 8.04. The summed E-state index contributed by atoms with van der Waals surface area (Å²) in [6.45, 7) is -0.0593. The van der Waals surface area contributed by atoms with Crippen molar-refractivity contribution in [2.24, 2.45) is 5.73 Å². The molecule has 1 aromatic rings. The molecule has 17 heavy (non-hydrogen) atoms. The van der Waals surface area contributed by atoms with Crippen molar-refractivity contribution in [3.05, 3.63) is 33.1 Å². The van der Waals surface area contributed by atoms with Gasteiger partial charge < -0.3 is 15.6 Å². The normalized spacial score (nSPS) is 32.9. The number of nitrogens with one attached hydrogen (secondary N) is 1. The second-order valence-electron chi connectivity index (χ2n) is 3.75. The van der Waals surface area contributed by atoms with Crippen LogP contribution in [0.25, 0.3) is 0 Å². The van der Waals surface area contributed by atoms with Gasteiger partial charge in [-0.15, -0.1) is 0 Å². The zero-order valence-corrected chi connectivity index (χ0v) is 8.75. The average Bonchev–Trinajstić information content (AvgIpc) is 2.57. The van der Waals surface area contributed by atoms with Crippen LogP contribution in [-0.4, -0.2) is 39.6 Å². The maximum absolute atomic E-state index is 13.7. The molecular formula is C9H12FN3O4. The van der Waals surface area contributed by atoms with E-state index in [0.717, 1.165) is 16.8 Å². The van der Waals surface area contributed by atoms with Gasteiger partial charge in [-0.1, -0.05) is 0 Å². The van der Waals surface area contributed by atoms with Crippen LogP contribution in [0.15, 0.2) is 21.9 Å². The van der Waals surface area contributed by atoms with Crippen LogP contribution in [0, 0.1) is 0 Å². The van der Waals surface area contributed by atoms with E-state index < -0.39 is 35.9 Å². The van der Waals surface area contributed by atoms with Crippen molar-refractivity contribution in [1.82, 2.24) is 9.55 Å². The molecule has 0 radical (unpaired) electrons. The smallest absolute Gasteiger partial charge is 0.330 e. The predicted molar refractivity (Wildman–Crippen MR) is 55.2 cm³/mol. The van der Waals surface area contributed by atoms with Crippen molar-refractivity contribution in [1.29, 1.82) is 0 Å². The van der Waals surface area contributed by atoms with Crippen molar-refractivity contribution in [2.75, 3.05) is 6.54 Å². The molecule has 0 aromatic carbocycles. The summed E-state index contributed by atoms with van der Waals surface area (Å²) in [6, 6.07) is 1.07. The predicted octanol–water partition coefficient (Wildman–Crippen LogP) is -1.91. The lowest BCUT2D eigenvalue weighted by Gasteiger charge is -2.15. The highest BCUT2D eigenvalue weighted by Crippen LogP contribution is 2.30. The Labute approximate surface area is 94.6 Å². The minimum atomic E-state index is -1.77. The molecule has 94 valence electrons. The van der Waals surface area contributed by atoms with Gasteiger partial charge in [0.05, 0.1) is 0 Å². The number of nitrogens with zero attached hydrogens (tertiary/aromatic N) is 1. The van der Waals surface area contributed by atoms with E-state index in [1.165, 1.54) is 0 Å². The fraction of sp³-hybridized carbons (Fsp3) is 0.556. The Morgan fingerprint density at radius 2 is 2.29 bits per heavy atom. The fourth-order valence-electron chi connectivity index (χ4n) is 1.75. The first-order valence-corrected chi connectivity index (χ1v) is 5.03. The van der Waals surface area contributed by atoms with E-state index in [1.54, 1.807) is 0 Å². The first-order valence-electron chi connectivity index (χ1n) is 5.03. The summed E-state index contributed by atoms with van der Waals surface area (Å²) in [5, 5.41) is 9.47. The van der Waals surface area contributed by atoms with Gasteiger partial charge in [0.1, 0.15) is 12.2 Å². The maximum Gasteiger partial charge on any atom is 0.330 e. The molecule has 8 heteroatoms. The molecule has 1 aliphatic heterocycles. The summed E-state index contributed by atoms with van der Waals surface area (Å²) in [7, 11) is 0. The summed E-state index contributed by atoms with van der Waals surface area (Å²) >= 11 is 0. The van der Waals surface area contributed by atoms with Crippen LogP contribution in [0.2, 0.25) is 0 Å². The van der Waals surface area contributed by atoms with Crippen LogP contribution < -0.4 is 17.0 Å². The highest BCUT2D eigenvalue weighted by Gasteiger charge is 2.44. The third kappa shape index (κ3) is 2.02. The van der Waals surface area contributed by atoms with E-state index in [4.69, 9.17) is 10.5 Å². The number of aliphatic hydroxyl groups is 1. The minimum absolute atomic E-state index is 0.0593. The Bertz CT molecular complexity index is 513. The van der Waals surface area contributed by atoms with Crippen molar-refractivity contribution < 1.29 is 14.2 Å². The number of aromatic amines is 1. The topological polar surface area (TPSA) is 110 Å². The van der Waals surface area contributed by atoms with Gasteiger partial charge in [-0.05, 0) is 0 Å².